The van der Waals surface area contributed by atoms with Crippen LogP contribution in [0.5, 0.6) is 0 Å². The van der Waals surface area contributed by atoms with E-state index in [4.69, 9.17) is 5.11 Å². The van der Waals surface area contributed by atoms with Crippen molar-refractivity contribution in [2.24, 2.45) is 0 Å². The Morgan fingerprint density at radius 3 is 2.73 bits per heavy atom. The number of piperidine rings is 1. The molecule has 0 radical (unpaired) electrons. The van der Waals surface area contributed by atoms with Crippen molar-refractivity contribution < 1.29 is 9.50 Å². The number of aliphatic hydroxyl groups is 1. The average Bonchev–Trinajstić information content (AvgIpc) is 2.31. The molecule has 2 N–H and O–H groups in total. The van der Waals surface area contributed by atoms with Crippen molar-refractivity contribution in [3.8, 4) is 0 Å². The van der Waals surface area contributed by atoms with E-state index in [0.717, 1.165) is 31.5 Å². The number of hydrogen-bond donors (Lipinski definition) is 2. The van der Waals surface area contributed by atoms with Crippen LogP contribution in [0.25, 0.3) is 0 Å². The third kappa shape index (κ3) is 2.36. The van der Waals surface area contributed by atoms with Crippen molar-refractivity contribution >= 4 is 0 Å². The first-order valence-electron chi connectivity index (χ1n) is 5.41. The summed E-state index contributed by atoms with van der Waals surface area (Å²) in [5, 5.41) is 12.3. The molecule has 1 aliphatic rings. The molecule has 2 nitrogen and oxygen atoms in total. The van der Waals surface area contributed by atoms with Crippen molar-refractivity contribution in [3.05, 3.63) is 35.1 Å². The molecule has 2 rings (SSSR count). The molecule has 3 heteroatoms. The highest BCUT2D eigenvalue weighted by Gasteiger charge is 2.16. The van der Waals surface area contributed by atoms with Gasteiger partial charge in [0, 0.05) is 5.56 Å². The fraction of sp³-hybridized carbons (Fsp3) is 0.500. The number of hydrogen-bond acceptors (Lipinski definition) is 2. The van der Waals surface area contributed by atoms with Gasteiger partial charge in [-0.3, -0.25) is 0 Å². The van der Waals surface area contributed by atoms with Gasteiger partial charge in [0.25, 0.3) is 0 Å². The maximum Gasteiger partial charge on any atom is 0.128 e. The van der Waals surface area contributed by atoms with Crippen molar-refractivity contribution in [2.45, 2.75) is 25.4 Å². The minimum atomic E-state index is -0.310. The van der Waals surface area contributed by atoms with Crippen LogP contribution in [0.4, 0.5) is 4.39 Å². The first kappa shape index (κ1) is 10.6. The topological polar surface area (TPSA) is 32.3 Å². The molecule has 1 fully saturated rings. The molecule has 0 amide bonds. The summed E-state index contributed by atoms with van der Waals surface area (Å²) in [7, 11) is 0. The lowest BCUT2D eigenvalue weighted by Gasteiger charge is -2.23. The zero-order chi connectivity index (χ0) is 10.7. The van der Waals surface area contributed by atoms with Gasteiger partial charge in [-0.05, 0) is 43.5 Å². The molecule has 0 bridgehead atoms. The first-order chi connectivity index (χ1) is 7.31. The lowest BCUT2D eigenvalue weighted by atomic mass is 9.89. The smallest absolute Gasteiger partial charge is 0.128 e. The summed E-state index contributed by atoms with van der Waals surface area (Å²) in [6.45, 7) is 1.83. The lowest BCUT2D eigenvalue weighted by Crippen LogP contribution is -2.26. The van der Waals surface area contributed by atoms with E-state index in [1.54, 1.807) is 6.07 Å². The molecule has 0 spiro atoms. The number of benzene rings is 1. The number of nitrogens with one attached hydrogen (secondary N) is 1. The Kier molecular flexibility index (Phi) is 3.34. The summed E-state index contributed by atoms with van der Waals surface area (Å²) >= 11 is 0. The Bertz CT molecular complexity index is 334. The van der Waals surface area contributed by atoms with Gasteiger partial charge in [-0.25, -0.2) is 4.39 Å². The van der Waals surface area contributed by atoms with Gasteiger partial charge >= 0.3 is 0 Å². The maximum absolute atomic E-state index is 13.2. The van der Waals surface area contributed by atoms with Crippen LogP contribution in [0, 0.1) is 5.82 Å². The molecule has 0 saturated carbocycles. The molecule has 15 heavy (non-hydrogen) atoms. The van der Waals surface area contributed by atoms with Gasteiger partial charge < -0.3 is 10.4 Å². The molecule has 1 heterocycles. The van der Waals surface area contributed by atoms with E-state index in [-0.39, 0.29) is 12.4 Å². The Labute approximate surface area is 89.1 Å². The summed E-state index contributed by atoms with van der Waals surface area (Å²) in [5.41, 5.74) is 1.56. The molecule has 0 aliphatic carbocycles. The fourth-order valence-corrected chi connectivity index (χ4v) is 2.13. The number of aliphatic hydroxyl groups excluding tert-OH is 1. The van der Waals surface area contributed by atoms with Gasteiger partial charge in [0.1, 0.15) is 5.82 Å². The number of rotatable bonds is 2. The van der Waals surface area contributed by atoms with Crippen LogP contribution >= 0.6 is 0 Å². The average molecular weight is 209 g/mol. The minimum absolute atomic E-state index is 0.218. The van der Waals surface area contributed by atoms with E-state index in [1.807, 2.05) is 6.07 Å². The summed E-state index contributed by atoms with van der Waals surface area (Å²) < 4.78 is 13.2. The highest BCUT2D eigenvalue weighted by Crippen LogP contribution is 2.26. The predicted octanol–water partition coefficient (Wildman–Crippen LogP) is 1.78. The zero-order valence-corrected chi connectivity index (χ0v) is 8.67. The first-order valence-corrected chi connectivity index (χ1v) is 5.41. The molecule has 1 aromatic rings. The molecular weight excluding hydrogens is 193 g/mol. The zero-order valence-electron chi connectivity index (χ0n) is 8.67. The quantitative estimate of drug-likeness (QED) is 0.778. The van der Waals surface area contributed by atoms with E-state index in [2.05, 4.69) is 5.32 Å². The lowest BCUT2D eigenvalue weighted by molar-refractivity contribution is 0.275. The minimum Gasteiger partial charge on any atom is -0.392 e. The second kappa shape index (κ2) is 4.73. The van der Waals surface area contributed by atoms with Crippen molar-refractivity contribution in [1.82, 2.24) is 5.32 Å². The van der Waals surface area contributed by atoms with E-state index in [1.165, 1.54) is 6.07 Å². The van der Waals surface area contributed by atoms with Gasteiger partial charge in [-0.15, -0.1) is 0 Å². The highest BCUT2D eigenvalue weighted by molar-refractivity contribution is 5.27. The highest BCUT2D eigenvalue weighted by atomic mass is 19.1. The Morgan fingerprint density at radius 1 is 1.33 bits per heavy atom. The third-order valence-electron chi connectivity index (χ3n) is 3.05. The van der Waals surface area contributed by atoms with E-state index in [9.17, 15) is 4.39 Å². The molecule has 82 valence electrons. The monoisotopic (exact) mass is 209 g/mol. The van der Waals surface area contributed by atoms with Crippen LogP contribution in [0.3, 0.4) is 0 Å². The Balaban J connectivity index is 2.20. The number of halogens is 1. The normalized spacial score (nSPS) is 18.0. The molecule has 1 aromatic carbocycles. The van der Waals surface area contributed by atoms with Crippen LogP contribution in [-0.4, -0.2) is 18.2 Å². The van der Waals surface area contributed by atoms with Gasteiger partial charge in [-0.2, -0.15) is 0 Å². The standard InChI is InChI=1S/C12H16FNO/c13-12-2-1-10(7-11(12)8-15)9-3-5-14-6-4-9/h1-2,7,9,14-15H,3-6,8H2. The van der Waals surface area contributed by atoms with Crippen molar-refractivity contribution in [2.75, 3.05) is 13.1 Å². The van der Waals surface area contributed by atoms with Crippen LogP contribution in [0.15, 0.2) is 18.2 Å². The van der Waals surface area contributed by atoms with E-state index >= 15 is 0 Å². The second-order valence-electron chi connectivity index (χ2n) is 4.03. The summed E-state index contributed by atoms with van der Waals surface area (Å²) in [6, 6.07) is 5.10. The van der Waals surface area contributed by atoms with Crippen LogP contribution in [0.2, 0.25) is 0 Å². The largest absolute Gasteiger partial charge is 0.392 e. The van der Waals surface area contributed by atoms with E-state index in [0.29, 0.717) is 11.5 Å². The van der Waals surface area contributed by atoms with Gasteiger partial charge in [0.05, 0.1) is 6.61 Å². The van der Waals surface area contributed by atoms with E-state index < -0.39 is 0 Å². The molecular formula is C12H16FNO. The Hall–Kier alpha value is -0.930. The van der Waals surface area contributed by atoms with Crippen LogP contribution < -0.4 is 5.32 Å². The maximum atomic E-state index is 13.2. The fourth-order valence-electron chi connectivity index (χ4n) is 2.13. The molecule has 0 atom stereocenters. The molecule has 1 aliphatic heterocycles. The summed E-state index contributed by atoms with van der Waals surface area (Å²) in [4.78, 5) is 0. The van der Waals surface area contributed by atoms with Crippen LogP contribution in [0.1, 0.15) is 29.9 Å². The van der Waals surface area contributed by atoms with Crippen LogP contribution in [-0.2, 0) is 6.61 Å². The predicted molar refractivity (Wildman–Crippen MR) is 57.2 cm³/mol. The molecule has 0 unspecified atom stereocenters. The van der Waals surface area contributed by atoms with Gasteiger partial charge in [0.2, 0.25) is 0 Å². The van der Waals surface area contributed by atoms with Gasteiger partial charge in [-0.1, -0.05) is 12.1 Å². The summed E-state index contributed by atoms with van der Waals surface area (Å²) in [5.74, 6) is 0.201. The van der Waals surface area contributed by atoms with Crippen molar-refractivity contribution in [1.29, 1.82) is 0 Å². The SMILES string of the molecule is OCc1cc(C2CCNCC2)ccc1F. The Morgan fingerprint density at radius 2 is 2.07 bits per heavy atom. The third-order valence-corrected chi connectivity index (χ3v) is 3.05. The second-order valence-corrected chi connectivity index (χ2v) is 4.03. The molecule has 1 saturated heterocycles. The summed E-state index contributed by atoms with van der Waals surface area (Å²) in [6.07, 6.45) is 2.19. The van der Waals surface area contributed by atoms with Gasteiger partial charge in [0.15, 0.2) is 0 Å². The molecule has 0 aromatic heterocycles. The van der Waals surface area contributed by atoms with Crippen molar-refractivity contribution in [3.63, 3.8) is 0 Å².